The van der Waals surface area contributed by atoms with Crippen LogP contribution in [0.1, 0.15) is 21.5 Å². The van der Waals surface area contributed by atoms with Crippen LogP contribution >= 0.6 is 15.9 Å². The first-order chi connectivity index (χ1) is 12.0. The Morgan fingerprint density at radius 3 is 2.72 bits per heavy atom. The highest BCUT2D eigenvalue weighted by Gasteiger charge is 2.05. The molecule has 0 unspecified atom stereocenters. The van der Waals surface area contributed by atoms with E-state index in [-0.39, 0.29) is 5.75 Å². The highest BCUT2D eigenvalue weighted by molar-refractivity contribution is 9.10. The van der Waals surface area contributed by atoms with Crippen LogP contribution in [0.2, 0.25) is 0 Å². The number of phenolic OH excluding ortho intramolecular Hbond substituents is 1. The number of hydrazone groups is 1. The second kappa shape index (κ2) is 8.76. The zero-order chi connectivity index (χ0) is 18.2. The second-order valence-corrected chi connectivity index (χ2v) is 5.75. The number of rotatable bonds is 5. The lowest BCUT2D eigenvalue weighted by atomic mass is 10.1. The van der Waals surface area contributed by atoms with Gasteiger partial charge in [-0.2, -0.15) is 5.10 Å². The SMILES string of the molecule is O=C(C=Cc1cccc(C(=O)NN=Cc2cc(Br)ccc2O)c1)NO. The lowest BCUT2D eigenvalue weighted by Gasteiger charge is -2.02. The minimum atomic E-state index is -0.673. The van der Waals surface area contributed by atoms with E-state index < -0.39 is 11.8 Å². The zero-order valence-corrected chi connectivity index (χ0v) is 14.4. The van der Waals surface area contributed by atoms with Crippen LogP contribution in [0.4, 0.5) is 0 Å². The molecule has 25 heavy (non-hydrogen) atoms. The van der Waals surface area contributed by atoms with Crippen LogP contribution in [0.15, 0.2) is 58.1 Å². The molecule has 0 spiro atoms. The second-order valence-electron chi connectivity index (χ2n) is 4.84. The van der Waals surface area contributed by atoms with Crippen molar-refractivity contribution in [3.63, 3.8) is 0 Å². The highest BCUT2D eigenvalue weighted by Crippen LogP contribution is 2.19. The maximum Gasteiger partial charge on any atom is 0.271 e. The van der Waals surface area contributed by atoms with E-state index in [0.29, 0.717) is 16.7 Å². The van der Waals surface area contributed by atoms with Crippen molar-refractivity contribution >= 4 is 40.0 Å². The molecule has 2 amide bonds. The van der Waals surface area contributed by atoms with Crippen LogP contribution in [-0.2, 0) is 4.79 Å². The molecule has 0 heterocycles. The number of halogens is 1. The van der Waals surface area contributed by atoms with Crippen molar-refractivity contribution in [3.8, 4) is 5.75 Å². The normalized spacial score (nSPS) is 11.0. The van der Waals surface area contributed by atoms with Crippen molar-refractivity contribution in [2.24, 2.45) is 5.10 Å². The fourth-order valence-corrected chi connectivity index (χ4v) is 2.23. The van der Waals surface area contributed by atoms with Crippen LogP contribution in [-0.4, -0.2) is 28.3 Å². The zero-order valence-electron chi connectivity index (χ0n) is 12.8. The van der Waals surface area contributed by atoms with Gasteiger partial charge in [0.05, 0.1) is 6.21 Å². The molecule has 4 N–H and O–H groups in total. The summed E-state index contributed by atoms with van der Waals surface area (Å²) in [5.74, 6) is -1.09. The monoisotopic (exact) mass is 403 g/mol. The summed E-state index contributed by atoms with van der Waals surface area (Å²) in [7, 11) is 0. The average Bonchev–Trinajstić information content (AvgIpc) is 2.62. The van der Waals surface area contributed by atoms with E-state index in [1.165, 1.54) is 23.8 Å². The summed E-state index contributed by atoms with van der Waals surface area (Å²) in [5, 5.41) is 21.9. The predicted molar refractivity (Wildman–Crippen MR) is 96.3 cm³/mol. The lowest BCUT2D eigenvalue weighted by Crippen LogP contribution is -2.17. The molecule has 0 radical (unpaired) electrons. The van der Waals surface area contributed by atoms with Gasteiger partial charge in [-0.15, -0.1) is 0 Å². The summed E-state index contributed by atoms with van der Waals surface area (Å²) < 4.78 is 0.768. The summed E-state index contributed by atoms with van der Waals surface area (Å²) in [6, 6.07) is 11.3. The standard InChI is InChI=1S/C17H14BrN3O4/c18-14-5-6-15(22)13(9-14)10-19-20-17(24)12-3-1-2-11(8-12)4-7-16(23)21-25/h1-10,22,25H,(H,20,24)(H,21,23). The molecular weight excluding hydrogens is 390 g/mol. The molecule has 0 bridgehead atoms. The largest absolute Gasteiger partial charge is 0.507 e. The highest BCUT2D eigenvalue weighted by atomic mass is 79.9. The minimum Gasteiger partial charge on any atom is -0.507 e. The van der Waals surface area contributed by atoms with Gasteiger partial charge in [0.2, 0.25) is 0 Å². The Labute approximate surface area is 151 Å². The number of hydroxylamine groups is 1. The Morgan fingerprint density at radius 2 is 1.96 bits per heavy atom. The van der Waals surface area contributed by atoms with Gasteiger partial charge in [-0.25, -0.2) is 10.9 Å². The Balaban J connectivity index is 2.06. The quantitative estimate of drug-likeness (QED) is 0.266. The van der Waals surface area contributed by atoms with E-state index in [9.17, 15) is 14.7 Å². The van der Waals surface area contributed by atoms with Gasteiger partial charge < -0.3 is 5.11 Å². The summed E-state index contributed by atoms with van der Waals surface area (Å²) in [6.45, 7) is 0. The molecule has 0 aromatic heterocycles. The van der Waals surface area contributed by atoms with Crippen LogP contribution in [0.25, 0.3) is 6.08 Å². The number of nitrogens with one attached hydrogen (secondary N) is 2. The molecule has 8 heteroatoms. The summed E-state index contributed by atoms with van der Waals surface area (Å²) in [5.41, 5.74) is 5.22. The number of hydrogen-bond acceptors (Lipinski definition) is 5. The Bertz CT molecular complexity index is 850. The molecule has 7 nitrogen and oxygen atoms in total. The van der Waals surface area contributed by atoms with Gasteiger partial charge in [0.25, 0.3) is 11.8 Å². The van der Waals surface area contributed by atoms with Crippen LogP contribution in [0.3, 0.4) is 0 Å². The first-order valence-corrected chi connectivity index (χ1v) is 7.83. The third-order valence-corrected chi connectivity index (χ3v) is 3.54. The molecule has 0 aliphatic carbocycles. The topological polar surface area (TPSA) is 111 Å². The number of amides is 2. The molecule has 0 saturated heterocycles. The molecule has 0 saturated carbocycles. The fraction of sp³-hybridized carbons (Fsp3) is 0. The van der Waals surface area contributed by atoms with E-state index in [4.69, 9.17) is 5.21 Å². The summed E-state index contributed by atoms with van der Waals surface area (Å²) in [6.07, 6.45) is 3.91. The van der Waals surface area contributed by atoms with E-state index >= 15 is 0 Å². The number of carbonyl (C=O) groups is 2. The molecular formula is C17H14BrN3O4. The molecule has 2 rings (SSSR count). The maximum absolute atomic E-state index is 12.1. The smallest absolute Gasteiger partial charge is 0.271 e. The van der Waals surface area contributed by atoms with Gasteiger partial charge in [-0.05, 0) is 42.0 Å². The van der Waals surface area contributed by atoms with Crippen molar-refractivity contribution in [1.82, 2.24) is 10.9 Å². The maximum atomic E-state index is 12.1. The number of benzene rings is 2. The van der Waals surface area contributed by atoms with E-state index in [1.807, 2.05) is 0 Å². The Morgan fingerprint density at radius 1 is 1.16 bits per heavy atom. The fourth-order valence-electron chi connectivity index (χ4n) is 1.85. The van der Waals surface area contributed by atoms with E-state index in [0.717, 1.165) is 10.5 Å². The van der Waals surface area contributed by atoms with Gasteiger partial charge in [-0.1, -0.05) is 28.1 Å². The van der Waals surface area contributed by atoms with E-state index in [1.54, 1.807) is 36.4 Å². The number of hydrogen-bond donors (Lipinski definition) is 4. The molecule has 0 fully saturated rings. The van der Waals surface area contributed by atoms with Crippen LogP contribution in [0.5, 0.6) is 5.75 Å². The third-order valence-electron chi connectivity index (χ3n) is 3.05. The third kappa shape index (κ3) is 5.55. The summed E-state index contributed by atoms with van der Waals surface area (Å²) in [4.78, 5) is 23.1. The summed E-state index contributed by atoms with van der Waals surface area (Å²) >= 11 is 3.28. The first-order valence-electron chi connectivity index (χ1n) is 7.04. The molecule has 128 valence electrons. The van der Waals surface area contributed by atoms with Crippen molar-refractivity contribution in [2.45, 2.75) is 0 Å². The average molecular weight is 404 g/mol. The van der Waals surface area contributed by atoms with E-state index in [2.05, 4.69) is 26.5 Å². The van der Waals surface area contributed by atoms with Crippen molar-refractivity contribution in [3.05, 3.63) is 69.7 Å². The Hall–Kier alpha value is -2.97. The van der Waals surface area contributed by atoms with Crippen LogP contribution in [0, 0.1) is 0 Å². The van der Waals surface area contributed by atoms with Crippen molar-refractivity contribution < 1.29 is 19.9 Å². The predicted octanol–water partition coefficient (Wildman–Crippen LogP) is 2.44. The molecule has 2 aromatic carbocycles. The molecule has 0 aliphatic heterocycles. The van der Waals surface area contributed by atoms with Crippen molar-refractivity contribution in [2.75, 3.05) is 0 Å². The Kier molecular flexibility index (Phi) is 6.44. The number of phenols is 1. The molecule has 0 atom stereocenters. The number of carbonyl (C=O) groups excluding carboxylic acids is 2. The number of nitrogens with zero attached hydrogens (tertiary/aromatic N) is 1. The minimum absolute atomic E-state index is 0.0375. The van der Waals surface area contributed by atoms with Crippen molar-refractivity contribution in [1.29, 1.82) is 0 Å². The molecule has 2 aromatic rings. The van der Waals surface area contributed by atoms with Gasteiger partial charge in [0.15, 0.2) is 0 Å². The van der Waals surface area contributed by atoms with Gasteiger partial charge in [-0.3, -0.25) is 14.8 Å². The van der Waals surface area contributed by atoms with Gasteiger partial charge in [0, 0.05) is 21.7 Å². The van der Waals surface area contributed by atoms with Crippen LogP contribution < -0.4 is 10.9 Å². The molecule has 0 aliphatic rings. The van der Waals surface area contributed by atoms with Gasteiger partial charge in [0.1, 0.15) is 5.75 Å². The lowest BCUT2D eigenvalue weighted by molar-refractivity contribution is -0.124. The van der Waals surface area contributed by atoms with Gasteiger partial charge >= 0.3 is 0 Å². The number of aromatic hydroxyl groups is 1. The first kappa shape index (κ1) is 18.4.